The average Bonchev–Trinajstić information content (AvgIpc) is 2.62. The highest BCUT2D eigenvalue weighted by Gasteiger charge is 2.15. The first-order valence-electron chi connectivity index (χ1n) is 10.4. The maximum atomic E-state index is 10.6. The van der Waals surface area contributed by atoms with Crippen molar-refractivity contribution in [3.63, 3.8) is 0 Å². The first-order valence-corrected chi connectivity index (χ1v) is 11.7. The highest BCUT2D eigenvalue weighted by Crippen LogP contribution is 2.07. The number of hydrazine groups is 3. The normalized spacial score (nSPS) is 13.9. The minimum atomic E-state index is -4.55. The van der Waals surface area contributed by atoms with Gasteiger partial charge in [-0.05, 0) is 20.8 Å². The second-order valence-electron chi connectivity index (χ2n) is 8.64. The fraction of sp³-hybridized carbons (Fsp3) is 0.667. The van der Waals surface area contributed by atoms with E-state index in [9.17, 15) is 8.42 Å². The lowest BCUT2D eigenvalue weighted by Gasteiger charge is -2.29. The first-order chi connectivity index (χ1) is 15.5. The van der Waals surface area contributed by atoms with E-state index in [-0.39, 0.29) is 44.9 Å². The zero-order valence-electron chi connectivity index (χ0n) is 20.4. The lowest BCUT2D eigenvalue weighted by Crippen LogP contribution is -2.41. The molecule has 0 aromatic rings. The van der Waals surface area contributed by atoms with Gasteiger partial charge in [0.1, 0.15) is 0 Å². The van der Waals surface area contributed by atoms with Gasteiger partial charge in [-0.2, -0.15) is 8.42 Å². The van der Waals surface area contributed by atoms with Crippen LogP contribution in [0.5, 0.6) is 0 Å². The zero-order valence-corrected chi connectivity index (χ0v) is 21.2. The standard InChI is InChI=1S/C18H42N10O5S/c1-18(2,3)24-9-17(25(4)21)14-26(10-15(19)12-27(22)5-7-29)11-16(20)13-28(23)6-8-33-34(30,31)32/h9,12-13,24,29H,5-8,10-11,14,19-23H2,1-4H3,(H,30,31,32)/b15-12-,16-13-,17-9-. The molecule has 0 aromatic carbocycles. The van der Waals surface area contributed by atoms with Crippen LogP contribution in [0.1, 0.15) is 20.8 Å². The van der Waals surface area contributed by atoms with Crippen molar-refractivity contribution in [3.8, 4) is 0 Å². The van der Waals surface area contributed by atoms with Crippen molar-refractivity contribution in [2.24, 2.45) is 29.0 Å². The Kier molecular flexibility index (Phi) is 13.8. The molecule has 200 valence electrons. The zero-order chi connectivity index (χ0) is 26.5. The van der Waals surface area contributed by atoms with Gasteiger partial charge in [0.25, 0.3) is 0 Å². The lowest BCUT2D eigenvalue weighted by molar-refractivity contribution is 0.231. The number of aliphatic hydroxyl groups is 1. The highest BCUT2D eigenvalue weighted by molar-refractivity contribution is 7.80. The molecule has 0 aliphatic carbocycles. The summed E-state index contributed by atoms with van der Waals surface area (Å²) in [6.07, 6.45) is 4.72. The Morgan fingerprint density at radius 2 is 1.50 bits per heavy atom. The van der Waals surface area contributed by atoms with Crippen LogP contribution in [-0.2, 0) is 14.6 Å². The van der Waals surface area contributed by atoms with E-state index in [0.29, 0.717) is 17.9 Å². The molecule has 0 saturated carbocycles. The van der Waals surface area contributed by atoms with Gasteiger partial charge in [0.2, 0.25) is 0 Å². The number of nitrogens with two attached hydrogens (primary N) is 5. The molecule has 0 heterocycles. The summed E-state index contributed by atoms with van der Waals surface area (Å²) in [5.74, 6) is 17.6. The van der Waals surface area contributed by atoms with E-state index >= 15 is 0 Å². The van der Waals surface area contributed by atoms with E-state index < -0.39 is 10.4 Å². The van der Waals surface area contributed by atoms with Crippen molar-refractivity contribution in [2.75, 3.05) is 53.0 Å². The molecule has 0 aromatic heterocycles. The van der Waals surface area contributed by atoms with E-state index in [1.807, 2.05) is 25.7 Å². The quantitative estimate of drug-likeness (QED) is 0.0589. The molecule has 0 atom stereocenters. The maximum Gasteiger partial charge on any atom is 0.397 e. The largest absolute Gasteiger partial charge is 0.400 e. The summed E-state index contributed by atoms with van der Waals surface area (Å²) < 4.78 is 34.1. The molecule has 0 bridgehead atoms. The fourth-order valence-corrected chi connectivity index (χ4v) is 2.76. The summed E-state index contributed by atoms with van der Waals surface area (Å²) in [4.78, 5) is 1.88. The van der Waals surface area contributed by atoms with E-state index in [1.165, 1.54) is 22.4 Å². The molecule has 0 aliphatic heterocycles. The van der Waals surface area contributed by atoms with Crippen LogP contribution in [0.4, 0.5) is 0 Å². The number of nitrogens with one attached hydrogen (secondary N) is 1. The van der Waals surface area contributed by atoms with Crippen LogP contribution < -0.4 is 34.3 Å². The summed E-state index contributed by atoms with van der Waals surface area (Å²) in [5, 5.41) is 16.1. The Balaban J connectivity index is 5.53. The Morgan fingerprint density at radius 3 is 1.91 bits per heavy atom. The first kappa shape index (κ1) is 31.7. The summed E-state index contributed by atoms with van der Waals surface area (Å²) >= 11 is 0. The van der Waals surface area contributed by atoms with Crippen molar-refractivity contribution in [1.29, 1.82) is 0 Å². The van der Waals surface area contributed by atoms with Crippen LogP contribution in [0.3, 0.4) is 0 Å². The van der Waals surface area contributed by atoms with Gasteiger partial charge in [0.15, 0.2) is 0 Å². The molecule has 0 unspecified atom stereocenters. The SMILES string of the molecule is CN(N)/C(=C\NC(C)(C)C)CN(C/C(N)=C/N(N)CCO)C/C(N)=C/N(N)CCOS(=O)(=O)O. The number of hydrogen-bond donors (Lipinski definition) is 8. The number of hydrogen-bond acceptors (Lipinski definition) is 14. The smallest absolute Gasteiger partial charge is 0.397 e. The monoisotopic (exact) mass is 510 g/mol. The molecule has 0 rings (SSSR count). The molecule has 34 heavy (non-hydrogen) atoms. The highest BCUT2D eigenvalue weighted by atomic mass is 32.3. The van der Waals surface area contributed by atoms with Crippen molar-refractivity contribution >= 4 is 10.4 Å². The molecule has 0 aliphatic rings. The van der Waals surface area contributed by atoms with Crippen LogP contribution in [0.15, 0.2) is 35.7 Å². The minimum Gasteiger partial charge on any atom is -0.400 e. The molecule has 13 N–H and O–H groups in total. The molecule has 0 saturated heterocycles. The Labute approximate surface area is 202 Å². The second-order valence-corrected chi connectivity index (χ2v) is 9.73. The minimum absolute atomic E-state index is 0.0436. The van der Waals surface area contributed by atoms with Crippen molar-refractivity contribution in [2.45, 2.75) is 26.3 Å². The fourth-order valence-electron chi connectivity index (χ4n) is 2.47. The van der Waals surface area contributed by atoms with Gasteiger partial charge in [-0.15, -0.1) is 0 Å². The third kappa shape index (κ3) is 17.2. The van der Waals surface area contributed by atoms with E-state index in [0.717, 1.165) is 10.7 Å². The van der Waals surface area contributed by atoms with E-state index in [2.05, 4.69) is 9.50 Å². The van der Waals surface area contributed by atoms with Crippen LogP contribution in [0.2, 0.25) is 0 Å². The van der Waals surface area contributed by atoms with Crippen LogP contribution >= 0.6 is 0 Å². The van der Waals surface area contributed by atoms with Gasteiger partial charge in [0, 0.05) is 62.2 Å². The van der Waals surface area contributed by atoms with Crippen LogP contribution in [0, 0.1) is 0 Å². The van der Waals surface area contributed by atoms with E-state index in [4.69, 9.17) is 38.7 Å². The maximum absolute atomic E-state index is 10.6. The molecular formula is C18H42N10O5S. The average molecular weight is 511 g/mol. The van der Waals surface area contributed by atoms with Crippen molar-refractivity contribution < 1.29 is 22.3 Å². The number of rotatable bonds is 16. The molecule has 15 nitrogen and oxygen atoms in total. The third-order valence-electron chi connectivity index (χ3n) is 3.93. The van der Waals surface area contributed by atoms with Crippen LogP contribution in [-0.4, -0.2) is 96.5 Å². The molecule has 16 heteroatoms. The summed E-state index contributed by atoms with van der Waals surface area (Å²) in [6, 6.07) is 0. The van der Waals surface area contributed by atoms with Gasteiger partial charge in [-0.1, -0.05) is 0 Å². The molecule has 0 spiro atoms. The summed E-state index contributed by atoms with van der Waals surface area (Å²) in [6.45, 7) is 6.52. The lowest BCUT2D eigenvalue weighted by atomic mass is 10.1. The number of likely N-dealkylation sites (N-methyl/N-ethyl adjacent to an activating group) is 1. The van der Waals surface area contributed by atoms with Crippen molar-refractivity contribution in [3.05, 3.63) is 35.7 Å². The topological polar surface area (TPSA) is 239 Å². The second kappa shape index (κ2) is 14.8. The molecular weight excluding hydrogens is 468 g/mol. The predicted molar refractivity (Wildman–Crippen MR) is 130 cm³/mol. The predicted octanol–water partition coefficient (Wildman–Crippen LogP) is -2.91. The Morgan fingerprint density at radius 1 is 1.00 bits per heavy atom. The van der Waals surface area contributed by atoms with Gasteiger partial charge < -0.3 is 36.9 Å². The van der Waals surface area contributed by atoms with Gasteiger partial charge in [-0.3, -0.25) is 9.45 Å². The number of aliphatic hydroxyl groups excluding tert-OH is 1. The Bertz CT molecular complexity index is 795. The summed E-state index contributed by atoms with van der Waals surface area (Å²) in [7, 11) is -2.85. The molecule has 0 amide bonds. The van der Waals surface area contributed by atoms with Crippen LogP contribution in [0.25, 0.3) is 0 Å². The van der Waals surface area contributed by atoms with E-state index in [1.54, 1.807) is 13.2 Å². The van der Waals surface area contributed by atoms with Crippen molar-refractivity contribution in [1.82, 2.24) is 25.2 Å². The summed E-state index contributed by atoms with van der Waals surface area (Å²) in [5.41, 5.74) is 13.6. The Hall–Kier alpha value is -2.31. The van der Waals surface area contributed by atoms with Gasteiger partial charge >= 0.3 is 10.4 Å². The third-order valence-corrected chi connectivity index (χ3v) is 4.39. The van der Waals surface area contributed by atoms with Gasteiger partial charge in [0.05, 0.1) is 32.0 Å². The number of nitrogens with zero attached hydrogens (tertiary/aromatic N) is 4. The van der Waals surface area contributed by atoms with Gasteiger partial charge in [-0.25, -0.2) is 21.7 Å². The molecule has 0 radical (unpaired) electrons. The molecule has 0 fully saturated rings.